The van der Waals surface area contributed by atoms with Crippen LogP contribution in [0.2, 0.25) is 0 Å². The van der Waals surface area contributed by atoms with Gasteiger partial charge in [0.25, 0.3) is 0 Å². The molecule has 0 saturated heterocycles. The van der Waals surface area contributed by atoms with Gasteiger partial charge in [-0.3, -0.25) is 4.79 Å². The summed E-state index contributed by atoms with van der Waals surface area (Å²) in [6.07, 6.45) is -6.09. The van der Waals surface area contributed by atoms with E-state index in [9.17, 15) is 75.0 Å². The van der Waals surface area contributed by atoms with Gasteiger partial charge in [0.15, 0.2) is 6.61 Å². The van der Waals surface area contributed by atoms with E-state index in [1.807, 2.05) is 0 Å². The van der Waals surface area contributed by atoms with Gasteiger partial charge in [-0.2, -0.15) is 61.5 Å². The second-order valence-electron chi connectivity index (χ2n) is 6.42. The highest BCUT2D eigenvalue weighted by Crippen LogP contribution is 2.62. The Morgan fingerprint density at radius 3 is 1.32 bits per heavy atom. The van der Waals surface area contributed by atoms with Gasteiger partial charge in [0.05, 0.1) is 5.92 Å². The first-order valence-corrected chi connectivity index (χ1v) is 7.90. The first-order chi connectivity index (χ1) is 13.8. The molecule has 0 aromatic carbocycles. The fraction of sp³-hybridized carbons (Fsp3) is 0.938. The van der Waals surface area contributed by atoms with Gasteiger partial charge in [-0.05, 0) is 6.42 Å². The van der Waals surface area contributed by atoms with Gasteiger partial charge in [-0.25, -0.2) is 8.78 Å². The van der Waals surface area contributed by atoms with Crippen molar-refractivity contribution in [3.05, 3.63) is 0 Å². The van der Waals surface area contributed by atoms with E-state index in [1.54, 1.807) is 0 Å². The second-order valence-corrected chi connectivity index (χ2v) is 6.42. The van der Waals surface area contributed by atoms with Gasteiger partial charge in [0.2, 0.25) is 0 Å². The molecule has 208 valence electrons. The molecule has 0 amide bonds. The highest BCUT2D eigenvalue weighted by molar-refractivity contribution is 5.71. The van der Waals surface area contributed by atoms with Crippen LogP contribution in [0.25, 0.3) is 0 Å². The van der Waals surface area contributed by atoms with E-state index >= 15 is 0 Å². The van der Waals surface area contributed by atoms with E-state index in [4.69, 9.17) is 0 Å². The first kappa shape index (κ1) is 36.9. The van der Waals surface area contributed by atoms with Crippen LogP contribution in [-0.2, 0) is 9.53 Å². The molecule has 1 unspecified atom stereocenters. The van der Waals surface area contributed by atoms with Crippen molar-refractivity contribution >= 4 is 5.97 Å². The van der Waals surface area contributed by atoms with E-state index in [0.717, 1.165) is 6.92 Å². The third-order valence-electron chi connectivity index (χ3n) is 4.14. The van der Waals surface area contributed by atoms with Crippen LogP contribution in [-0.4, -0.2) is 60.5 Å². The minimum atomic E-state index is -8.46. The molecule has 0 N–H and O–H groups in total. The first-order valence-electron chi connectivity index (χ1n) is 7.90. The molecular weight excluding hydrogens is 528 g/mol. The lowest BCUT2D eigenvalue weighted by molar-refractivity contribution is -0.447. The number of rotatable bonds is 11. The van der Waals surface area contributed by atoms with Crippen LogP contribution in [0, 0.1) is 5.92 Å². The molecule has 0 radical (unpaired) electrons. The molecule has 0 bridgehead atoms. The number of carbonyl (C=O) groups excluding carboxylic acids is 1. The lowest BCUT2D eigenvalue weighted by Gasteiger charge is -2.42. The Morgan fingerprint density at radius 1 is 0.676 bits per heavy atom. The SMILES string of the molecule is C.C.CCC(C)C(=O)OCC(F)(F)C(F)(F)C(F)(F)C(F)(F)C(F)(F)C(F)(F)C(F)(F)C(F)F. The van der Waals surface area contributed by atoms with Crippen molar-refractivity contribution in [3.63, 3.8) is 0 Å². The summed E-state index contributed by atoms with van der Waals surface area (Å²) >= 11 is 0. The van der Waals surface area contributed by atoms with Crippen LogP contribution in [0.15, 0.2) is 0 Å². The van der Waals surface area contributed by atoms with Crippen molar-refractivity contribution in [1.29, 1.82) is 0 Å². The smallest absolute Gasteiger partial charge is 0.385 e. The van der Waals surface area contributed by atoms with Gasteiger partial charge in [0.1, 0.15) is 0 Å². The van der Waals surface area contributed by atoms with Gasteiger partial charge in [0, 0.05) is 0 Å². The minimum Gasteiger partial charge on any atom is -0.459 e. The lowest BCUT2D eigenvalue weighted by atomic mass is 9.89. The summed E-state index contributed by atoms with van der Waals surface area (Å²) in [6, 6.07) is 0. The summed E-state index contributed by atoms with van der Waals surface area (Å²) < 4.78 is 213. The van der Waals surface area contributed by atoms with Gasteiger partial charge >= 0.3 is 53.9 Å². The molecule has 0 rings (SSSR count). The highest BCUT2D eigenvalue weighted by Gasteiger charge is 2.93. The average molecular weight is 548 g/mol. The molecule has 0 aromatic rings. The van der Waals surface area contributed by atoms with Crippen LogP contribution in [0.3, 0.4) is 0 Å². The normalized spacial score (nSPS) is 15.4. The Hall–Kier alpha value is -1.65. The minimum absolute atomic E-state index is 0. The summed E-state index contributed by atoms with van der Waals surface area (Å²) in [5.41, 5.74) is 0. The standard InChI is InChI=1S/C14H12F16O2.2CH4/c1-3-5(2)6(31)32-4-8(17,18)10(21,22)12(25,26)14(29,30)13(27,28)11(23,24)9(19,20)7(15)16;;/h5,7H,3-4H2,1-2H3;2*1H4. The van der Waals surface area contributed by atoms with Crippen LogP contribution in [0.5, 0.6) is 0 Å². The number of halogens is 16. The Labute approximate surface area is 182 Å². The molecule has 2 nitrogen and oxygen atoms in total. The van der Waals surface area contributed by atoms with Crippen molar-refractivity contribution in [2.75, 3.05) is 6.61 Å². The molecule has 18 heteroatoms. The Morgan fingerprint density at radius 2 is 1.00 bits per heavy atom. The third kappa shape index (κ3) is 5.28. The predicted molar refractivity (Wildman–Crippen MR) is 84.5 cm³/mol. The molecule has 0 aliphatic carbocycles. The third-order valence-corrected chi connectivity index (χ3v) is 4.14. The van der Waals surface area contributed by atoms with E-state index in [2.05, 4.69) is 4.74 Å². The number of alkyl halides is 16. The Balaban J connectivity index is -0.00000480. The summed E-state index contributed by atoms with van der Waals surface area (Å²) in [6.45, 7) is -0.998. The molecule has 0 aromatic heterocycles. The van der Waals surface area contributed by atoms with Gasteiger partial charge in [-0.1, -0.05) is 28.7 Å². The molecule has 34 heavy (non-hydrogen) atoms. The number of esters is 1. The van der Waals surface area contributed by atoms with E-state index in [0.29, 0.717) is 0 Å². The fourth-order valence-corrected chi connectivity index (χ4v) is 1.73. The van der Waals surface area contributed by atoms with Crippen LogP contribution < -0.4 is 0 Å². The summed E-state index contributed by atoms with van der Waals surface area (Å²) in [5, 5.41) is 0. The molecule has 0 fully saturated rings. The highest BCUT2D eigenvalue weighted by atomic mass is 19.4. The van der Waals surface area contributed by atoms with Crippen molar-refractivity contribution in [1.82, 2.24) is 0 Å². The zero-order valence-electron chi connectivity index (χ0n) is 15.4. The monoisotopic (exact) mass is 548 g/mol. The molecule has 0 aliphatic heterocycles. The van der Waals surface area contributed by atoms with E-state index in [-0.39, 0.29) is 21.3 Å². The average Bonchev–Trinajstić information content (AvgIpc) is 2.64. The zero-order chi connectivity index (χ0) is 26.4. The van der Waals surface area contributed by atoms with Crippen LogP contribution >= 0.6 is 0 Å². The predicted octanol–water partition coefficient (Wildman–Crippen LogP) is 7.56. The van der Waals surface area contributed by atoms with Crippen molar-refractivity contribution in [3.8, 4) is 0 Å². The Kier molecular flexibility index (Phi) is 11.4. The van der Waals surface area contributed by atoms with Crippen LogP contribution in [0.4, 0.5) is 70.2 Å². The summed E-state index contributed by atoms with van der Waals surface area (Å²) in [7, 11) is 0. The fourth-order valence-electron chi connectivity index (χ4n) is 1.73. The van der Waals surface area contributed by atoms with Crippen molar-refractivity contribution in [2.45, 2.75) is 83.0 Å². The molecule has 0 aliphatic rings. The van der Waals surface area contributed by atoms with Gasteiger partial charge < -0.3 is 4.74 Å². The topological polar surface area (TPSA) is 26.3 Å². The second kappa shape index (κ2) is 10.5. The van der Waals surface area contributed by atoms with E-state index < -0.39 is 66.4 Å². The lowest BCUT2D eigenvalue weighted by Crippen LogP contribution is -2.74. The number of carbonyl (C=O) groups is 1. The largest absolute Gasteiger partial charge is 0.459 e. The van der Waals surface area contributed by atoms with E-state index in [1.165, 1.54) is 6.92 Å². The quantitative estimate of drug-likeness (QED) is 0.197. The molecular formula is C16H20F16O2. The van der Waals surface area contributed by atoms with Gasteiger partial charge in [-0.15, -0.1) is 0 Å². The van der Waals surface area contributed by atoms with Crippen molar-refractivity contribution < 1.29 is 79.8 Å². The molecule has 1 atom stereocenters. The maximum Gasteiger partial charge on any atom is 0.385 e. The number of hydrogen-bond acceptors (Lipinski definition) is 2. The maximum atomic E-state index is 13.5. The summed E-state index contributed by atoms with van der Waals surface area (Å²) in [4.78, 5) is 11.1. The summed E-state index contributed by atoms with van der Waals surface area (Å²) in [5.74, 6) is -58.3. The molecule has 0 spiro atoms. The van der Waals surface area contributed by atoms with Crippen molar-refractivity contribution in [2.24, 2.45) is 5.92 Å². The Bertz CT molecular complexity index is 674. The molecule has 0 saturated carbocycles. The van der Waals surface area contributed by atoms with Crippen LogP contribution in [0.1, 0.15) is 35.1 Å². The number of hydrogen-bond donors (Lipinski definition) is 0. The zero-order valence-corrected chi connectivity index (χ0v) is 15.4. The number of ether oxygens (including phenoxy) is 1. The molecule has 0 heterocycles. The maximum absolute atomic E-state index is 13.5.